The molecule has 7 heteroatoms. The lowest BCUT2D eigenvalue weighted by Crippen LogP contribution is -2.32. The Bertz CT molecular complexity index is 681. The molecule has 0 spiro atoms. The second kappa shape index (κ2) is 9.31. The average molecular weight is 368 g/mol. The summed E-state index contributed by atoms with van der Waals surface area (Å²) in [5.74, 6) is -0.0998. The normalized spacial score (nSPS) is 16.4. The molecule has 0 atom stereocenters. The van der Waals surface area contributed by atoms with Crippen LogP contribution in [0.25, 0.3) is 0 Å². The summed E-state index contributed by atoms with van der Waals surface area (Å²) in [7, 11) is -1.68. The predicted octanol–water partition coefficient (Wildman–Crippen LogP) is 2.50. The number of anilines is 1. The van der Waals surface area contributed by atoms with E-state index in [1.165, 1.54) is 0 Å². The first-order valence-electron chi connectivity index (χ1n) is 9.00. The summed E-state index contributed by atoms with van der Waals surface area (Å²) < 4.78 is 27.6. The van der Waals surface area contributed by atoms with Gasteiger partial charge >= 0.3 is 0 Å². The van der Waals surface area contributed by atoms with Gasteiger partial charge in [0.1, 0.15) is 0 Å². The van der Waals surface area contributed by atoms with Crippen molar-refractivity contribution in [1.29, 1.82) is 0 Å². The SMILES string of the molecule is CNCCCC(=O)Nc1ccc(C)c(S(=O)(=O)N2CCCCCC2)c1. The zero-order chi connectivity index (χ0) is 18.3. The summed E-state index contributed by atoms with van der Waals surface area (Å²) in [6.45, 7) is 3.71. The maximum atomic E-state index is 13.0. The lowest BCUT2D eigenvalue weighted by molar-refractivity contribution is -0.116. The Labute approximate surface area is 151 Å². The topological polar surface area (TPSA) is 78.5 Å². The molecule has 0 saturated carbocycles. The monoisotopic (exact) mass is 367 g/mol. The molecule has 0 aromatic heterocycles. The fourth-order valence-corrected chi connectivity index (χ4v) is 4.79. The van der Waals surface area contributed by atoms with Crippen molar-refractivity contribution in [2.75, 3.05) is 32.0 Å². The van der Waals surface area contributed by atoms with Crippen LogP contribution >= 0.6 is 0 Å². The number of aryl methyl sites for hydroxylation is 1. The number of hydrogen-bond acceptors (Lipinski definition) is 4. The van der Waals surface area contributed by atoms with Gasteiger partial charge < -0.3 is 10.6 Å². The summed E-state index contributed by atoms with van der Waals surface area (Å²) >= 11 is 0. The zero-order valence-electron chi connectivity index (χ0n) is 15.2. The van der Waals surface area contributed by atoms with Crippen LogP contribution in [0.3, 0.4) is 0 Å². The summed E-state index contributed by atoms with van der Waals surface area (Å²) in [5.41, 5.74) is 1.24. The highest BCUT2D eigenvalue weighted by atomic mass is 32.2. The van der Waals surface area contributed by atoms with E-state index in [1.54, 1.807) is 29.4 Å². The number of nitrogens with zero attached hydrogens (tertiary/aromatic N) is 1. The molecule has 2 rings (SSSR count). The Kier molecular flexibility index (Phi) is 7.40. The Morgan fingerprint density at radius 2 is 1.84 bits per heavy atom. The Morgan fingerprint density at radius 3 is 2.48 bits per heavy atom. The number of nitrogens with one attached hydrogen (secondary N) is 2. The molecule has 1 saturated heterocycles. The fourth-order valence-electron chi connectivity index (χ4n) is 3.03. The van der Waals surface area contributed by atoms with E-state index in [0.29, 0.717) is 35.7 Å². The Morgan fingerprint density at radius 1 is 1.16 bits per heavy atom. The largest absolute Gasteiger partial charge is 0.326 e. The van der Waals surface area contributed by atoms with Gasteiger partial charge in [-0.15, -0.1) is 0 Å². The Hall–Kier alpha value is -1.44. The van der Waals surface area contributed by atoms with Gasteiger partial charge in [-0.3, -0.25) is 4.79 Å². The zero-order valence-corrected chi connectivity index (χ0v) is 16.0. The first-order chi connectivity index (χ1) is 11.9. The highest BCUT2D eigenvalue weighted by Gasteiger charge is 2.27. The molecule has 140 valence electrons. The van der Waals surface area contributed by atoms with Crippen molar-refractivity contribution in [1.82, 2.24) is 9.62 Å². The number of hydrogen-bond donors (Lipinski definition) is 2. The third-order valence-corrected chi connectivity index (χ3v) is 6.53. The molecule has 6 nitrogen and oxygen atoms in total. The lowest BCUT2D eigenvalue weighted by Gasteiger charge is -2.21. The van der Waals surface area contributed by atoms with Crippen molar-refractivity contribution in [3.8, 4) is 0 Å². The van der Waals surface area contributed by atoms with Crippen molar-refractivity contribution in [3.63, 3.8) is 0 Å². The fraction of sp³-hybridized carbons (Fsp3) is 0.611. The number of amides is 1. The maximum absolute atomic E-state index is 13.0. The van der Waals surface area contributed by atoms with Gasteiger partial charge in [-0.05, 0) is 57.5 Å². The van der Waals surface area contributed by atoms with E-state index >= 15 is 0 Å². The predicted molar refractivity (Wildman–Crippen MR) is 100 cm³/mol. The van der Waals surface area contributed by atoms with E-state index in [-0.39, 0.29) is 5.91 Å². The van der Waals surface area contributed by atoms with Gasteiger partial charge in [0.2, 0.25) is 15.9 Å². The molecule has 0 aliphatic carbocycles. The summed E-state index contributed by atoms with van der Waals surface area (Å²) in [5, 5.41) is 5.81. The number of rotatable bonds is 7. The van der Waals surface area contributed by atoms with E-state index in [2.05, 4.69) is 10.6 Å². The van der Waals surface area contributed by atoms with E-state index in [1.807, 2.05) is 7.05 Å². The van der Waals surface area contributed by atoms with Crippen LogP contribution in [0.1, 0.15) is 44.1 Å². The molecule has 25 heavy (non-hydrogen) atoms. The third-order valence-electron chi connectivity index (χ3n) is 4.49. The van der Waals surface area contributed by atoms with Gasteiger partial charge in [-0.2, -0.15) is 4.31 Å². The molecule has 1 aliphatic rings. The van der Waals surface area contributed by atoms with Crippen LogP contribution in [0.2, 0.25) is 0 Å². The number of benzene rings is 1. The van der Waals surface area contributed by atoms with Crippen LogP contribution < -0.4 is 10.6 Å². The molecule has 0 bridgehead atoms. The van der Waals surface area contributed by atoms with Crippen LogP contribution in [0, 0.1) is 6.92 Å². The van der Waals surface area contributed by atoms with Gasteiger partial charge in [0.25, 0.3) is 0 Å². The van der Waals surface area contributed by atoms with E-state index in [0.717, 1.165) is 38.6 Å². The minimum atomic E-state index is -3.52. The molecular formula is C18H29N3O3S. The van der Waals surface area contributed by atoms with E-state index in [4.69, 9.17) is 0 Å². The number of carbonyl (C=O) groups excluding carboxylic acids is 1. The van der Waals surface area contributed by atoms with Crippen molar-refractivity contribution >= 4 is 21.6 Å². The van der Waals surface area contributed by atoms with Crippen molar-refractivity contribution in [2.24, 2.45) is 0 Å². The molecular weight excluding hydrogens is 338 g/mol. The molecule has 2 N–H and O–H groups in total. The minimum Gasteiger partial charge on any atom is -0.326 e. The standard InChI is InChI=1S/C18H29N3O3S/c1-15-9-10-16(20-18(22)8-7-11-19-2)14-17(15)25(23,24)21-12-5-3-4-6-13-21/h9-10,14,19H,3-8,11-13H2,1-2H3,(H,20,22). The van der Waals surface area contributed by atoms with Gasteiger partial charge in [0, 0.05) is 25.2 Å². The molecule has 1 heterocycles. The smallest absolute Gasteiger partial charge is 0.243 e. The van der Waals surface area contributed by atoms with Crippen LogP contribution in [0.15, 0.2) is 23.1 Å². The first-order valence-corrected chi connectivity index (χ1v) is 10.4. The van der Waals surface area contributed by atoms with Crippen molar-refractivity contribution in [2.45, 2.75) is 50.3 Å². The third kappa shape index (κ3) is 5.52. The quantitative estimate of drug-likeness (QED) is 0.726. The first kappa shape index (κ1) is 19.9. The second-order valence-electron chi connectivity index (χ2n) is 6.55. The van der Waals surface area contributed by atoms with Gasteiger partial charge in [0.15, 0.2) is 0 Å². The summed E-state index contributed by atoms with van der Waals surface area (Å²) in [6, 6.07) is 5.10. The molecule has 1 fully saturated rings. The second-order valence-corrected chi connectivity index (χ2v) is 8.46. The van der Waals surface area contributed by atoms with Crippen LogP contribution in [0.4, 0.5) is 5.69 Å². The molecule has 1 amide bonds. The van der Waals surface area contributed by atoms with E-state index < -0.39 is 10.0 Å². The summed E-state index contributed by atoms with van der Waals surface area (Å²) in [4.78, 5) is 12.3. The average Bonchev–Trinajstić information content (AvgIpc) is 2.86. The number of sulfonamides is 1. The number of carbonyl (C=O) groups is 1. The van der Waals surface area contributed by atoms with Gasteiger partial charge in [-0.1, -0.05) is 18.9 Å². The van der Waals surface area contributed by atoms with Crippen molar-refractivity contribution < 1.29 is 13.2 Å². The van der Waals surface area contributed by atoms with Crippen LogP contribution in [-0.2, 0) is 14.8 Å². The highest BCUT2D eigenvalue weighted by molar-refractivity contribution is 7.89. The molecule has 0 unspecified atom stereocenters. The molecule has 1 aromatic rings. The van der Waals surface area contributed by atoms with Crippen LogP contribution in [0.5, 0.6) is 0 Å². The maximum Gasteiger partial charge on any atom is 0.243 e. The molecule has 1 aliphatic heterocycles. The van der Waals surface area contributed by atoms with Crippen LogP contribution in [-0.4, -0.2) is 45.3 Å². The highest BCUT2D eigenvalue weighted by Crippen LogP contribution is 2.25. The minimum absolute atomic E-state index is 0.0998. The molecule has 0 radical (unpaired) electrons. The molecule has 1 aromatic carbocycles. The summed E-state index contributed by atoms with van der Waals surface area (Å²) in [6.07, 6.45) is 5.11. The van der Waals surface area contributed by atoms with Crippen molar-refractivity contribution in [3.05, 3.63) is 23.8 Å². The van der Waals surface area contributed by atoms with E-state index in [9.17, 15) is 13.2 Å². The lowest BCUT2D eigenvalue weighted by atomic mass is 10.2. The van der Waals surface area contributed by atoms with Gasteiger partial charge in [0.05, 0.1) is 4.90 Å². The Balaban J connectivity index is 2.16. The van der Waals surface area contributed by atoms with Gasteiger partial charge in [-0.25, -0.2) is 8.42 Å².